The molecule has 0 bridgehead atoms. The Balaban J connectivity index is 1.27. The molecule has 0 aliphatic heterocycles. The summed E-state index contributed by atoms with van der Waals surface area (Å²) in [5, 5.41) is 9.98. The molecular formula is C26H20Cl2N2O2. The van der Waals surface area contributed by atoms with E-state index in [2.05, 4.69) is 10.2 Å². The zero-order valence-electron chi connectivity index (χ0n) is 17.1. The summed E-state index contributed by atoms with van der Waals surface area (Å²) < 4.78 is 11.6. The first-order valence-corrected chi connectivity index (χ1v) is 10.8. The first-order chi connectivity index (χ1) is 15.6. The Morgan fingerprint density at radius 3 is 1.16 bits per heavy atom. The molecule has 0 N–H and O–H groups in total. The second kappa shape index (κ2) is 10.8. The Kier molecular flexibility index (Phi) is 7.38. The second-order valence-corrected chi connectivity index (χ2v) is 7.89. The summed E-state index contributed by atoms with van der Waals surface area (Å²) in [5.41, 5.74) is 3.59. The molecule has 0 heterocycles. The molecule has 4 rings (SSSR count). The molecule has 0 amide bonds. The standard InChI is InChI=1S/C26H20Cl2N2O2/c27-21-5-1-19(2-6-21)17-31-25-13-9-23(10-14-25)29-30-24-11-15-26(16-12-24)32-18-20-3-7-22(28)8-4-20/h1-16H,17-18H2. The Bertz CT molecular complexity index is 1060. The Labute approximate surface area is 197 Å². The normalized spacial score (nSPS) is 10.9. The van der Waals surface area contributed by atoms with E-state index >= 15 is 0 Å². The average molecular weight is 463 g/mol. The zero-order chi connectivity index (χ0) is 22.2. The highest BCUT2D eigenvalue weighted by Gasteiger charge is 1.99. The highest BCUT2D eigenvalue weighted by molar-refractivity contribution is 6.30. The largest absolute Gasteiger partial charge is 0.489 e. The zero-order valence-corrected chi connectivity index (χ0v) is 18.6. The SMILES string of the molecule is Clc1ccc(COc2ccc(N=Nc3ccc(OCc4ccc(Cl)cc4)cc3)cc2)cc1. The molecule has 32 heavy (non-hydrogen) atoms. The molecule has 4 aromatic carbocycles. The molecule has 0 unspecified atom stereocenters. The van der Waals surface area contributed by atoms with Crippen LogP contribution < -0.4 is 9.47 Å². The van der Waals surface area contributed by atoms with Crippen LogP contribution in [-0.2, 0) is 13.2 Å². The number of hydrogen-bond acceptors (Lipinski definition) is 4. The maximum atomic E-state index is 5.90. The van der Waals surface area contributed by atoms with E-state index in [-0.39, 0.29) is 0 Å². The number of rotatable bonds is 8. The molecule has 0 aliphatic rings. The lowest BCUT2D eigenvalue weighted by Gasteiger charge is -2.07. The molecule has 0 fully saturated rings. The summed E-state index contributed by atoms with van der Waals surface area (Å²) in [7, 11) is 0. The van der Waals surface area contributed by atoms with E-state index in [0.29, 0.717) is 23.3 Å². The van der Waals surface area contributed by atoms with Crippen LogP contribution in [0, 0.1) is 0 Å². The quantitative estimate of drug-likeness (QED) is 0.246. The summed E-state index contributed by atoms with van der Waals surface area (Å²) in [5.74, 6) is 1.53. The van der Waals surface area contributed by atoms with Crippen LogP contribution >= 0.6 is 23.2 Å². The highest BCUT2D eigenvalue weighted by atomic mass is 35.5. The number of halogens is 2. The van der Waals surface area contributed by atoms with E-state index < -0.39 is 0 Å². The maximum absolute atomic E-state index is 5.90. The Morgan fingerprint density at radius 1 is 0.469 bits per heavy atom. The third-order valence-corrected chi connectivity index (χ3v) is 5.10. The second-order valence-electron chi connectivity index (χ2n) is 7.02. The molecule has 160 valence electrons. The molecule has 0 radical (unpaired) electrons. The fourth-order valence-electron chi connectivity index (χ4n) is 2.83. The van der Waals surface area contributed by atoms with Crippen LogP contribution in [0.4, 0.5) is 11.4 Å². The van der Waals surface area contributed by atoms with Crippen LogP contribution in [0.25, 0.3) is 0 Å². The lowest BCUT2D eigenvalue weighted by Crippen LogP contribution is -1.94. The van der Waals surface area contributed by atoms with Crippen molar-refractivity contribution >= 4 is 34.6 Å². The van der Waals surface area contributed by atoms with Crippen molar-refractivity contribution < 1.29 is 9.47 Å². The molecule has 0 saturated carbocycles. The van der Waals surface area contributed by atoms with E-state index in [0.717, 1.165) is 34.0 Å². The van der Waals surface area contributed by atoms with Gasteiger partial charge in [0.05, 0.1) is 11.4 Å². The van der Waals surface area contributed by atoms with Gasteiger partial charge < -0.3 is 9.47 Å². The molecule has 0 aromatic heterocycles. The van der Waals surface area contributed by atoms with Crippen molar-refractivity contribution in [3.05, 3.63) is 118 Å². The van der Waals surface area contributed by atoms with Gasteiger partial charge >= 0.3 is 0 Å². The third kappa shape index (κ3) is 6.58. The summed E-state index contributed by atoms with van der Waals surface area (Å²) in [4.78, 5) is 0. The van der Waals surface area contributed by atoms with Crippen molar-refractivity contribution in [2.45, 2.75) is 13.2 Å². The topological polar surface area (TPSA) is 43.2 Å². The lowest BCUT2D eigenvalue weighted by atomic mass is 10.2. The highest BCUT2D eigenvalue weighted by Crippen LogP contribution is 2.24. The number of nitrogens with zero attached hydrogens (tertiary/aromatic N) is 2. The molecule has 4 aromatic rings. The Morgan fingerprint density at radius 2 is 0.812 bits per heavy atom. The van der Waals surface area contributed by atoms with Crippen LogP contribution in [0.3, 0.4) is 0 Å². The lowest BCUT2D eigenvalue weighted by molar-refractivity contribution is 0.306. The molecule has 0 atom stereocenters. The summed E-state index contributed by atoms with van der Waals surface area (Å²) in [6, 6.07) is 30.1. The molecule has 0 aliphatic carbocycles. The minimum atomic E-state index is 0.477. The number of benzene rings is 4. The van der Waals surface area contributed by atoms with Crippen molar-refractivity contribution in [2.24, 2.45) is 10.2 Å². The van der Waals surface area contributed by atoms with Gasteiger partial charge in [0.15, 0.2) is 0 Å². The number of azo groups is 1. The minimum absolute atomic E-state index is 0.477. The van der Waals surface area contributed by atoms with Gasteiger partial charge in [-0.25, -0.2) is 0 Å². The van der Waals surface area contributed by atoms with E-state index in [9.17, 15) is 0 Å². The first-order valence-electron chi connectivity index (χ1n) is 10.0. The van der Waals surface area contributed by atoms with E-state index in [1.54, 1.807) is 0 Å². The van der Waals surface area contributed by atoms with E-state index in [1.165, 1.54) is 0 Å². The first kappa shape index (κ1) is 21.9. The van der Waals surface area contributed by atoms with Gasteiger partial charge in [-0.1, -0.05) is 47.5 Å². The molecule has 6 heteroatoms. The van der Waals surface area contributed by atoms with Crippen molar-refractivity contribution in [1.82, 2.24) is 0 Å². The molecule has 0 spiro atoms. The summed E-state index contributed by atoms with van der Waals surface area (Å²) in [6.07, 6.45) is 0. The summed E-state index contributed by atoms with van der Waals surface area (Å²) >= 11 is 11.8. The van der Waals surface area contributed by atoms with Crippen LogP contribution in [0.2, 0.25) is 10.0 Å². The van der Waals surface area contributed by atoms with Gasteiger partial charge in [0.2, 0.25) is 0 Å². The van der Waals surface area contributed by atoms with Crippen molar-refractivity contribution in [3.63, 3.8) is 0 Å². The molecular weight excluding hydrogens is 443 g/mol. The van der Waals surface area contributed by atoms with Crippen molar-refractivity contribution in [3.8, 4) is 11.5 Å². The predicted octanol–water partition coefficient (Wildman–Crippen LogP) is 8.57. The number of ether oxygens (including phenoxy) is 2. The Hall–Kier alpha value is -3.34. The van der Waals surface area contributed by atoms with Crippen molar-refractivity contribution in [1.29, 1.82) is 0 Å². The van der Waals surface area contributed by atoms with Crippen LogP contribution in [-0.4, -0.2) is 0 Å². The fraction of sp³-hybridized carbons (Fsp3) is 0.0769. The monoisotopic (exact) mass is 462 g/mol. The van der Waals surface area contributed by atoms with Gasteiger partial charge in [0.25, 0.3) is 0 Å². The third-order valence-electron chi connectivity index (χ3n) is 4.59. The van der Waals surface area contributed by atoms with E-state index in [4.69, 9.17) is 32.7 Å². The van der Waals surface area contributed by atoms with Crippen LogP contribution in [0.1, 0.15) is 11.1 Å². The van der Waals surface area contributed by atoms with Gasteiger partial charge in [-0.05, 0) is 83.9 Å². The fourth-order valence-corrected chi connectivity index (χ4v) is 3.08. The predicted molar refractivity (Wildman–Crippen MR) is 129 cm³/mol. The number of hydrogen-bond donors (Lipinski definition) is 0. The van der Waals surface area contributed by atoms with Gasteiger partial charge in [-0.2, -0.15) is 10.2 Å². The van der Waals surface area contributed by atoms with E-state index in [1.807, 2.05) is 97.1 Å². The maximum Gasteiger partial charge on any atom is 0.119 e. The minimum Gasteiger partial charge on any atom is -0.489 e. The van der Waals surface area contributed by atoms with Gasteiger partial charge in [0, 0.05) is 10.0 Å². The molecule has 4 nitrogen and oxygen atoms in total. The van der Waals surface area contributed by atoms with Gasteiger partial charge in [0.1, 0.15) is 24.7 Å². The van der Waals surface area contributed by atoms with Crippen molar-refractivity contribution in [2.75, 3.05) is 0 Å². The van der Waals surface area contributed by atoms with Crippen LogP contribution in [0.15, 0.2) is 107 Å². The molecule has 0 saturated heterocycles. The summed E-state index contributed by atoms with van der Waals surface area (Å²) in [6.45, 7) is 0.953. The smallest absolute Gasteiger partial charge is 0.119 e. The van der Waals surface area contributed by atoms with Gasteiger partial charge in [-0.3, -0.25) is 0 Å². The van der Waals surface area contributed by atoms with Crippen LogP contribution in [0.5, 0.6) is 11.5 Å². The van der Waals surface area contributed by atoms with Gasteiger partial charge in [-0.15, -0.1) is 0 Å². The average Bonchev–Trinajstić information content (AvgIpc) is 2.83.